The lowest BCUT2D eigenvalue weighted by Crippen LogP contribution is -2.29. The molecule has 1 fully saturated rings. The molecule has 1 saturated carbocycles. The second-order valence-corrected chi connectivity index (χ2v) is 8.99. The van der Waals surface area contributed by atoms with Gasteiger partial charge in [-0.25, -0.2) is 0 Å². The van der Waals surface area contributed by atoms with Crippen LogP contribution in [0.5, 0.6) is 0 Å². The molecule has 5 rings (SSSR count). The van der Waals surface area contributed by atoms with Crippen molar-refractivity contribution in [2.45, 2.75) is 31.7 Å². The van der Waals surface area contributed by atoms with Crippen LogP contribution in [0.1, 0.15) is 66.8 Å². The Balaban J connectivity index is 1.34. The zero-order chi connectivity index (χ0) is 21.5. The smallest absolute Gasteiger partial charge is 0.261 e. The number of anilines is 1. The average Bonchev–Trinajstić information content (AvgIpc) is 3.26. The number of aromatic nitrogens is 2. The Morgan fingerprint density at radius 2 is 1.87 bits per heavy atom. The molecule has 31 heavy (non-hydrogen) atoms. The summed E-state index contributed by atoms with van der Waals surface area (Å²) < 4.78 is 0. The number of hydrogen-bond acceptors (Lipinski definition) is 6. The highest BCUT2D eigenvalue weighted by atomic mass is 35.5. The summed E-state index contributed by atoms with van der Waals surface area (Å²) >= 11 is 7.55. The Morgan fingerprint density at radius 1 is 1.10 bits per heavy atom. The zero-order valence-corrected chi connectivity index (χ0v) is 17.9. The van der Waals surface area contributed by atoms with Gasteiger partial charge in [-0.05, 0) is 42.7 Å². The van der Waals surface area contributed by atoms with Gasteiger partial charge in [-0.3, -0.25) is 24.6 Å². The van der Waals surface area contributed by atoms with Crippen molar-refractivity contribution in [2.24, 2.45) is 0 Å². The monoisotopic (exact) mass is 452 g/mol. The highest BCUT2D eigenvalue weighted by Crippen LogP contribution is 2.38. The van der Waals surface area contributed by atoms with Gasteiger partial charge >= 0.3 is 0 Å². The number of carbonyl (C=O) groups is 3. The summed E-state index contributed by atoms with van der Waals surface area (Å²) in [6, 6.07) is 11.6. The number of nitrogens with one attached hydrogen (secondary N) is 1. The van der Waals surface area contributed by atoms with Crippen molar-refractivity contribution in [1.29, 1.82) is 0 Å². The van der Waals surface area contributed by atoms with Gasteiger partial charge in [0.15, 0.2) is 0 Å². The molecular formula is C22H17ClN4O3S. The molecule has 1 aliphatic heterocycles. The summed E-state index contributed by atoms with van der Waals surface area (Å²) in [6.45, 7) is 0.0717. The fourth-order valence-corrected chi connectivity index (χ4v) is 4.75. The number of rotatable bonds is 5. The third-order valence-corrected chi connectivity index (χ3v) is 7.00. The van der Waals surface area contributed by atoms with E-state index in [2.05, 4.69) is 15.5 Å². The first-order chi connectivity index (χ1) is 15.0. The first-order valence-corrected chi connectivity index (χ1v) is 11.1. The molecule has 2 heterocycles. The second-order valence-electron chi connectivity index (χ2n) is 7.58. The molecule has 1 aromatic heterocycles. The van der Waals surface area contributed by atoms with E-state index in [1.54, 1.807) is 24.3 Å². The van der Waals surface area contributed by atoms with E-state index in [9.17, 15) is 14.4 Å². The number of imide groups is 1. The lowest BCUT2D eigenvalue weighted by Gasteiger charge is -2.21. The maximum absolute atomic E-state index is 12.9. The Morgan fingerprint density at radius 3 is 2.61 bits per heavy atom. The molecule has 0 atom stereocenters. The summed E-state index contributed by atoms with van der Waals surface area (Å²) in [5.41, 5.74) is 1.43. The highest BCUT2D eigenvalue weighted by molar-refractivity contribution is 7.15. The molecule has 9 heteroatoms. The predicted octanol–water partition coefficient (Wildman–Crippen LogP) is 4.51. The third kappa shape index (κ3) is 3.62. The predicted molar refractivity (Wildman–Crippen MR) is 117 cm³/mol. The Labute approximate surface area is 187 Å². The standard InChI is InChI=1S/C22H17ClN4O3S/c23-17-7-2-1-4-14(17)11-27-20(29)15-9-8-13(10-16(15)21(27)30)18(28)24-22-26-25-19(31-22)12-5-3-6-12/h1-2,4,7-10,12H,3,5-6,11H2,(H,24,26,28). The summed E-state index contributed by atoms with van der Waals surface area (Å²) in [6.07, 6.45) is 3.41. The zero-order valence-electron chi connectivity index (χ0n) is 16.3. The molecule has 1 N–H and O–H groups in total. The van der Waals surface area contributed by atoms with E-state index in [-0.39, 0.29) is 23.2 Å². The van der Waals surface area contributed by atoms with E-state index in [0.717, 1.165) is 22.7 Å². The molecule has 2 aromatic carbocycles. The van der Waals surface area contributed by atoms with Crippen LogP contribution in [0.2, 0.25) is 5.02 Å². The van der Waals surface area contributed by atoms with Gasteiger partial charge in [-0.1, -0.05) is 47.6 Å². The molecular weight excluding hydrogens is 436 g/mol. The molecule has 3 amide bonds. The SMILES string of the molecule is O=C(Nc1nnc(C2CCC2)s1)c1ccc2c(c1)C(=O)N(Cc1ccccc1Cl)C2=O. The quantitative estimate of drug-likeness (QED) is 0.575. The largest absolute Gasteiger partial charge is 0.296 e. The van der Waals surface area contributed by atoms with Gasteiger partial charge in [-0.15, -0.1) is 10.2 Å². The summed E-state index contributed by atoms with van der Waals surface area (Å²) in [4.78, 5) is 39.4. The molecule has 0 radical (unpaired) electrons. The van der Waals surface area contributed by atoms with Crippen molar-refractivity contribution in [1.82, 2.24) is 15.1 Å². The molecule has 0 bridgehead atoms. The minimum absolute atomic E-state index is 0.0717. The van der Waals surface area contributed by atoms with E-state index in [1.807, 2.05) is 0 Å². The second kappa shape index (κ2) is 7.86. The first kappa shape index (κ1) is 19.8. The van der Waals surface area contributed by atoms with Crippen LogP contribution in [0.4, 0.5) is 5.13 Å². The molecule has 0 saturated heterocycles. The van der Waals surface area contributed by atoms with Crippen LogP contribution in [0, 0.1) is 0 Å². The molecule has 0 unspecified atom stereocenters. The van der Waals surface area contributed by atoms with E-state index in [4.69, 9.17) is 11.6 Å². The van der Waals surface area contributed by atoms with Gasteiger partial charge in [0.05, 0.1) is 17.7 Å². The number of carbonyl (C=O) groups excluding carboxylic acids is 3. The van der Waals surface area contributed by atoms with Crippen LogP contribution in [-0.4, -0.2) is 32.8 Å². The van der Waals surface area contributed by atoms with Gasteiger partial charge in [-0.2, -0.15) is 0 Å². The topological polar surface area (TPSA) is 92.3 Å². The van der Waals surface area contributed by atoms with Crippen LogP contribution in [0.3, 0.4) is 0 Å². The number of amides is 3. The minimum Gasteiger partial charge on any atom is -0.296 e. The van der Waals surface area contributed by atoms with Crippen molar-refractivity contribution in [3.05, 3.63) is 74.7 Å². The fraction of sp³-hybridized carbons (Fsp3) is 0.227. The maximum Gasteiger partial charge on any atom is 0.261 e. The van der Waals surface area contributed by atoms with Crippen LogP contribution in [0.15, 0.2) is 42.5 Å². The van der Waals surface area contributed by atoms with Crippen LogP contribution >= 0.6 is 22.9 Å². The number of fused-ring (bicyclic) bond motifs is 1. The Hall–Kier alpha value is -3.10. The van der Waals surface area contributed by atoms with Gasteiger partial charge in [0, 0.05) is 16.5 Å². The molecule has 7 nitrogen and oxygen atoms in total. The Kier molecular flexibility index (Phi) is 5.03. The average molecular weight is 453 g/mol. The Bertz CT molecular complexity index is 1220. The molecule has 0 spiro atoms. The first-order valence-electron chi connectivity index (χ1n) is 9.89. The lowest BCUT2D eigenvalue weighted by molar-refractivity contribution is 0.0642. The van der Waals surface area contributed by atoms with Crippen LogP contribution in [-0.2, 0) is 6.54 Å². The van der Waals surface area contributed by atoms with Crippen molar-refractivity contribution in [3.63, 3.8) is 0 Å². The van der Waals surface area contributed by atoms with Crippen molar-refractivity contribution < 1.29 is 14.4 Å². The van der Waals surface area contributed by atoms with Gasteiger partial charge in [0.2, 0.25) is 5.13 Å². The van der Waals surface area contributed by atoms with Gasteiger partial charge in [0.25, 0.3) is 17.7 Å². The molecule has 156 valence electrons. The molecule has 1 aliphatic carbocycles. The van der Waals surface area contributed by atoms with Crippen molar-refractivity contribution in [2.75, 3.05) is 5.32 Å². The lowest BCUT2D eigenvalue weighted by atomic mass is 9.86. The number of halogens is 1. The molecule has 2 aliphatic rings. The minimum atomic E-state index is -0.447. The number of benzene rings is 2. The van der Waals surface area contributed by atoms with Gasteiger partial charge in [0.1, 0.15) is 5.01 Å². The normalized spacial score (nSPS) is 15.7. The van der Waals surface area contributed by atoms with E-state index in [0.29, 0.717) is 21.6 Å². The van der Waals surface area contributed by atoms with Gasteiger partial charge < -0.3 is 0 Å². The van der Waals surface area contributed by atoms with Crippen molar-refractivity contribution >= 4 is 45.8 Å². The summed E-state index contributed by atoms with van der Waals surface area (Å²) in [7, 11) is 0. The van der Waals surface area contributed by atoms with Crippen molar-refractivity contribution in [3.8, 4) is 0 Å². The van der Waals surface area contributed by atoms with E-state index in [1.165, 1.54) is 36.0 Å². The van der Waals surface area contributed by atoms with Crippen LogP contribution in [0.25, 0.3) is 0 Å². The highest BCUT2D eigenvalue weighted by Gasteiger charge is 2.36. The number of hydrogen-bond donors (Lipinski definition) is 1. The summed E-state index contributed by atoms with van der Waals surface area (Å²) in [5, 5.41) is 12.8. The van der Waals surface area contributed by atoms with Crippen LogP contribution < -0.4 is 5.32 Å². The summed E-state index contributed by atoms with van der Waals surface area (Å²) in [5.74, 6) is -0.807. The fourth-order valence-electron chi connectivity index (χ4n) is 3.65. The molecule has 3 aromatic rings. The number of nitrogens with zero attached hydrogens (tertiary/aromatic N) is 3. The van der Waals surface area contributed by atoms with E-state index < -0.39 is 17.7 Å². The van der Waals surface area contributed by atoms with E-state index >= 15 is 0 Å². The third-order valence-electron chi connectivity index (χ3n) is 5.63. The maximum atomic E-state index is 12.9.